The van der Waals surface area contributed by atoms with Gasteiger partial charge in [-0.1, -0.05) is 11.6 Å². The predicted molar refractivity (Wildman–Crippen MR) is 74.2 cm³/mol. The summed E-state index contributed by atoms with van der Waals surface area (Å²) < 4.78 is 0. The Balaban J connectivity index is 2.00. The molecule has 0 aromatic heterocycles. The first-order valence-corrected chi connectivity index (χ1v) is 6.49. The van der Waals surface area contributed by atoms with E-state index in [4.69, 9.17) is 11.6 Å². The Morgan fingerprint density at radius 3 is 3.00 bits per heavy atom. The highest BCUT2D eigenvalue weighted by Crippen LogP contribution is 2.19. The maximum absolute atomic E-state index is 12.1. The number of halogens is 1. The highest BCUT2D eigenvalue weighted by molar-refractivity contribution is 6.31. The molecule has 18 heavy (non-hydrogen) atoms. The molecule has 1 aromatic carbocycles. The standard InChI is InChI=1S/C13H18ClN3O/c1-9-7-11(3-4-12(9)14)16-13(18)17-6-5-15-10(2)8-17/h3-4,7,10,15H,5-6,8H2,1-2H3,(H,16,18)/t10-/m1/s1. The third kappa shape index (κ3) is 3.15. The Bertz CT molecular complexity index is 450. The van der Waals surface area contributed by atoms with Gasteiger partial charge in [0.25, 0.3) is 0 Å². The van der Waals surface area contributed by atoms with Crippen LogP contribution in [0.4, 0.5) is 10.5 Å². The average Bonchev–Trinajstić information content (AvgIpc) is 2.34. The summed E-state index contributed by atoms with van der Waals surface area (Å²) in [5, 5.41) is 6.92. The molecule has 1 aliphatic rings. The Hall–Kier alpha value is -1.26. The van der Waals surface area contributed by atoms with Crippen molar-refractivity contribution in [1.82, 2.24) is 10.2 Å². The first-order chi connectivity index (χ1) is 8.56. The van der Waals surface area contributed by atoms with Crippen LogP contribution in [0.5, 0.6) is 0 Å². The van der Waals surface area contributed by atoms with Crippen LogP contribution in [0.2, 0.25) is 5.02 Å². The van der Waals surface area contributed by atoms with Crippen LogP contribution in [0, 0.1) is 6.92 Å². The van der Waals surface area contributed by atoms with Crippen molar-refractivity contribution in [2.24, 2.45) is 0 Å². The topological polar surface area (TPSA) is 44.4 Å². The molecule has 2 rings (SSSR count). The van der Waals surface area contributed by atoms with Gasteiger partial charge in [0.1, 0.15) is 0 Å². The number of nitrogens with zero attached hydrogens (tertiary/aromatic N) is 1. The second kappa shape index (κ2) is 5.59. The van der Waals surface area contributed by atoms with Crippen molar-refractivity contribution in [1.29, 1.82) is 0 Å². The third-order valence-electron chi connectivity index (χ3n) is 3.07. The zero-order chi connectivity index (χ0) is 13.1. The maximum Gasteiger partial charge on any atom is 0.321 e. The first kappa shape index (κ1) is 13.2. The lowest BCUT2D eigenvalue weighted by Gasteiger charge is -2.31. The number of rotatable bonds is 1. The number of hydrogen-bond donors (Lipinski definition) is 2. The Morgan fingerprint density at radius 1 is 1.56 bits per heavy atom. The van der Waals surface area contributed by atoms with Gasteiger partial charge in [0.15, 0.2) is 0 Å². The highest BCUT2D eigenvalue weighted by Gasteiger charge is 2.20. The highest BCUT2D eigenvalue weighted by atomic mass is 35.5. The summed E-state index contributed by atoms with van der Waals surface area (Å²) in [6, 6.07) is 5.79. The van der Waals surface area contributed by atoms with Crippen LogP contribution in [-0.4, -0.2) is 36.6 Å². The number of anilines is 1. The minimum atomic E-state index is -0.0509. The summed E-state index contributed by atoms with van der Waals surface area (Å²) in [4.78, 5) is 13.9. The zero-order valence-corrected chi connectivity index (χ0v) is 11.4. The van der Waals surface area contributed by atoms with E-state index in [1.54, 1.807) is 6.07 Å². The van der Waals surface area contributed by atoms with Gasteiger partial charge < -0.3 is 15.5 Å². The summed E-state index contributed by atoms with van der Waals surface area (Å²) >= 11 is 5.95. The third-order valence-corrected chi connectivity index (χ3v) is 3.49. The molecule has 2 N–H and O–H groups in total. The molecule has 2 amide bonds. The van der Waals surface area contributed by atoms with Crippen LogP contribution >= 0.6 is 11.6 Å². The lowest BCUT2D eigenvalue weighted by molar-refractivity contribution is 0.192. The number of nitrogens with one attached hydrogen (secondary N) is 2. The van der Waals surface area contributed by atoms with E-state index in [9.17, 15) is 4.79 Å². The number of carbonyl (C=O) groups is 1. The number of piperazine rings is 1. The minimum Gasteiger partial charge on any atom is -0.322 e. The van der Waals surface area contributed by atoms with E-state index in [1.807, 2.05) is 24.0 Å². The Morgan fingerprint density at radius 2 is 2.33 bits per heavy atom. The van der Waals surface area contributed by atoms with Crippen molar-refractivity contribution in [3.05, 3.63) is 28.8 Å². The van der Waals surface area contributed by atoms with Crippen molar-refractivity contribution >= 4 is 23.3 Å². The van der Waals surface area contributed by atoms with Crippen LogP contribution < -0.4 is 10.6 Å². The van der Waals surface area contributed by atoms with Gasteiger partial charge in [-0.3, -0.25) is 0 Å². The molecule has 1 fully saturated rings. The zero-order valence-electron chi connectivity index (χ0n) is 10.7. The molecule has 0 unspecified atom stereocenters. The molecule has 1 heterocycles. The van der Waals surface area contributed by atoms with E-state index >= 15 is 0 Å². The summed E-state index contributed by atoms with van der Waals surface area (Å²) in [5.74, 6) is 0. The number of amides is 2. The van der Waals surface area contributed by atoms with E-state index in [-0.39, 0.29) is 6.03 Å². The lowest BCUT2D eigenvalue weighted by atomic mass is 10.2. The van der Waals surface area contributed by atoms with Crippen molar-refractivity contribution in [2.45, 2.75) is 19.9 Å². The molecule has 0 bridgehead atoms. The van der Waals surface area contributed by atoms with E-state index in [0.29, 0.717) is 11.1 Å². The van der Waals surface area contributed by atoms with Crippen molar-refractivity contribution in [3.8, 4) is 0 Å². The van der Waals surface area contributed by atoms with Crippen LogP contribution in [0.15, 0.2) is 18.2 Å². The van der Waals surface area contributed by atoms with Gasteiger partial charge in [-0.2, -0.15) is 0 Å². The molecule has 0 spiro atoms. The van der Waals surface area contributed by atoms with Gasteiger partial charge in [-0.15, -0.1) is 0 Å². The van der Waals surface area contributed by atoms with E-state index in [2.05, 4.69) is 17.6 Å². The van der Waals surface area contributed by atoms with Crippen LogP contribution in [0.25, 0.3) is 0 Å². The number of aryl methyl sites for hydroxylation is 1. The lowest BCUT2D eigenvalue weighted by Crippen LogP contribution is -2.52. The SMILES string of the molecule is Cc1cc(NC(=O)N2CCN[C@H](C)C2)ccc1Cl. The molecular formula is C13H18ClN3O. The average molecular weight is 268 g/mol. The van der Waals surface area contributed by atoms with Gasteiger partial charge in [-0.05, 0) is 37.6 Å². The van der Waals surface area contributed by atoms with Gasteiger partial charge in [-0.25, -0.2) is 4.79 Å². The molecule has 1 aliphatic heterocycles. The van der Waals surface area contributed by atoms with E-state index < -0.39 is 0 Å². The minimum absolute atomic E-state index is 0.0509. The molecule has 5 heteroatoms. The number of hydrogen-bond acceptors (Lipinski definition) is 2. The molecule has 1 atom stereocenters. The van der Waals surface area contributed by atoms with Crippen molar-refractivity contribution in [3.63, 3.8) is 0 Å². The Labute approximate surface area is 112 Å². The summed E-state index contributed by atoms with van der Waals surface area (Å²) in [6.45, 7) is 6.31. The second-order valence-electron chi connectivity index (χ2n) is 4.70. The normalized spacial score (nSPS) is 19.7. The largest absolute Gasteiger partial charge is 0.322 e. The number of urea groups is 1. The van der Waals surface area contributed by atoms with E-state index in [1.165, 1.54) is 0 Å². The molecule has 1 aromatic rings. The maximum atomic E-state index is 12.1. The van der Waals surface area contributed by atoms with Gasteiger partial charge in [0.2, 0.25) is 0 Å². The smallest absolute Gasteiger partial charge is 0.321 e. The van der Waals surface area contributed by atoms with Crippen LogP contribution in [0.3, 0.4) is 0 Å². The molecular weight excluding hydrogens is 250 g/mol. The molecule has 0 saturated carbocycles. The van der Waals surface area contributed by atoms with Crippen LogP contribution in [-0.2, 0) is 0 Å². The van der Waals surface area contributed by atoms with Gasteiger partial charge in [0, 0.05) is 36.4 Å². The van der Waals surface area contributed by atoms with Crippen LogP contribution in [0.1, 0.15) is 12.5 Å². The fraction of sp³-hybridized carbons (Fsp3) is 0.462. The molecule has 1 saturated heterocycles. The molecule has 0 aliphatic carbocycles. The first-order valence-electron chi connectivity index (χ1n) is 6.12. The fourth-order valence-corrected chi connectivity index (χ4v) is 2.16. The van der Waals surface area contributed by atoms with Crippen molar-refractivity contribution < 1.29 is 4.79 Å². The monoisotopic (exact) mass is 267 g/mol. The summed E-state index contributed by atoms with van der Waals surface area (Å²) in [7, 11) is 0. The fourth-order valence-electron chi connectivity index (χ4n) is 2.04. The summed E-state index contributed by atoms with van der Waals surface area (Å²) in [5.41, 5.74) is 1.75. The Kier molecular flexibility index (Phi) is 4.09. The van der Waals surface area contributed by atoms with Crippen molar-refractivity contribution in [2.75, 3.05) is 25.0 Å². The quantitative estimate of drug-likeness (QED) is 0.821. The molecule has 4 nitrogen and oxygen atoms in total. The molecule has 98 valence electrons. The molecule has 0 radical (unpaired) electrons. The predicted octanol–water partition coefficient (Wildman–Crippen LogP) is 2.47. The number of benzene rings is 1. The number of carbonyl (C=O) groups excluding carboxylic acids is 1. The summed E-state index contributed by atoms with van der Waals surface area (Å²) in [6.07, 6.45) is 0. The van der Waals surface area contributed by atoms with Gasteiger partial charge in [0.05, 0.1) is 0 Å². The van der Waals surface area contributed by atoms with E-state index in [0.717, 1.165) is 30.9 Å². The van der Waals surface area contributed by atoms with Gasteiger partial charge >= 0.3 is 6.03 Å². The second-order valence-corrected chi connectivity index (χ2v) is 5.10.